The summed E-state index contributed by atoms with van der Waals surface area (Å²) >= 11 is 1.89. The lowest BCUT2D eigenvalue weighted by Gasteiger charge is -2.04. The van der Waals surface area contributed by atoms with Gasteiger partial charge in [0.05, 0.1) is 0 Å². The van der Waals surface area contributed by atoms with Crippen molar-refractivity contribution in [2.24, 2.45) is 0 Å². The van der Waals surface area contributed by atoms with Crippen molar-refractivity contribution in [1.29, 1.82) is 0 Å². The number of aryl methyl sites for hydroxylation is 1. The molecule has 0 spiro atoms. The van der Waals surface area contributed by atoms with Crippen LogP contribution in [0.15, 0.2) is 29.2 Å². The summed E-state index contributed by atoms with van der Waals surface area (Å²) in [6.07, 6.45) is 2.88. The third-order valence-corrected chi connectivity index (χ3v) is 3.54. The number of carbonyl (C=O) groups is 1. The highest BCUT2D eigenvalue weighted by Gasteiger charge is 1.98. The molecule has 1 nitrogen and oxygen atoms in total. The van der Waals surface area contributed by atoms with Crippen molar-refractivity contribution in [3.05, 3.63) is 29.8 Å². The van der Waals surface area contributed by atoms with Gasteiger partial charge in [-0.25, -0.2) is 0 Å². The average Bonchev–Trinajstić information content (AvgIpc) is 2.20. The third-order valence-electron chi connectivity index (χ3n) is 2.27. The molecule has 82 valence electrons. The Balaban J connectivity index is 2.21. The van der Waals surface area contributed by atoms with Gasteiger partial charge in [0.25, 0.3) is 0 Å². The fourth-order valence-corrected chi connectivity index (χ4v) is 2.42. The summed E-state index contributed by atoms with van der Waals surface area (Å²) in [5.74, 6) is 1.41. The predicted octanol–water partition coefficient (Wildman–Crippen LogP) is 3.85. The van der Waals surface area contributed by atoms with Crippen molar-refractivity contribution in [2.45, 2.75) is 38.0 Å². The Kier molecular flexibility index (Phi) is 5.48. The van der Waals surface area contributed by atoms with Gasteiger partial charge in [0.15, 0.2) is 0 Å². The van der Waals surface area contributed by atoms with Crippen LogP contribution < -0.4 is 0 Å². The van der Waals surface area contributed by atoms with Crippen molar-refractivity contribution in [3.8, 4) is 0 Å². The van der Waals surface area contributed by atoms with Gasteiger partial charge >= 0.3 is 0 Å². The van der Waals surface area contributed by atoms with E-state index in [2.05, 4.69) is 31.2 Å². The van der Waals surface area contributed by atoms with Gasteiger partial charge in [-0.2, -0.15) is 0 Å². The Morgan fingerprint density at radius 2 is 2.00 bits per heavy atom. The van der Waals surface area contributed by atoms with Crippen LogP contribution in [0.2, 0.25) is 0 Å². The van der Waals surface area contributed by atoms with Crippen LogP contribution >= 0.6 is 11.8 Å². The van der Waals surface area contributed by atoms with Gasteiger partial charge in [0.1, 0.15) is 5.78 Å². The maximum absolute atomic E-state index is 10.7. The van der Waals surface area contributed by atoms with Gasteiger partial charge in [-0.1, -0.05) is 18.2 Å². The summed E-state index contributed by atoms with van der Waals surface area (Å²) in [4.78, 5) is 12.1. The molecule has 0 aliphatic carbocycles. The quantitative estimate of drug-likeness (QED) is 0.537. The molecule has 0 aliphatic rings. The van der Waals surface area contributed by atoms with Crippen LogP contribution in [0.5, 0.6) is 0 Å². The molecule has 0 aliphatic heterocycles. The second kappa shape index (κ2) is 6.67. The van der Waals surface area contributed by atoms with E-state index in [4.69, 9.17) is 0 Å². The lowest BCUT2D eigenvalue weighted by atomic mass is 10.2. The minimum atomic E-state index is 0.302. The monoisotopic (exact) mass is 222 g/mol. The SMILES string of the molecule is CC(=O)CCCCSc1ccccc1C. The van der Waals surface area contributed by atoms with Gasteiger partial charge < -0.3 is 4.79 Å². The molecule has 0 amide bonds. The van der Waals surface area contributed by atoms with Gasteiger partial charge in [-0.3, -0.25) is 0 Å². The number of rotatable bonds is 6. The molecule has 0 radical (unpaired) electrons. The van der Waals surface area contributed by atoms with Crippen LogP contribution in [-0.2, 0) is 4.79 Å². The Labute approximate surface area is 96.3 Å². The van der Waals surface area contributed by atoms with Crippen LogP contribution in [0.25, 0.3) is 0 Å². The Hall–Kier alpha value is -0.760. The van der Waals surface area contributed by atoms with E-state index < -0.39 is 0 Å². The topological polar surface area (TPSA) is 17.1 Å². The zero-order chi connectivity index (χ0) is 11.1. The van der Waals surface area contributed by atoms with E-state index in [0.717, 1.165) is 25.0 Å². The van der Waals surface area contributed by atoms with Crippen molar-refractivity contribution >= 4 is 17.5 Å². The zero-order valence-electron chi connectivity index (χ0n) is 9.45. The van der Waals surface area contributed by atoms with E-state index in [-0.39, 0.29) is 0 Å². The van der Waals surface area contributed by atoms with E-state index in [9.17, 15) is 4.79 Å². The molecule has 0 saturated heterocycles. The summed E-state index contributed by atoms with van der Waals surface area (Å²) in [7, 11) is 0. The minimum absolute atomic E-state index is 0.302. The molecule has 0 N–H and O–H groups in total. The lowest BCUT2D eigenvalue weighted by molar-refractivity contribution is -0.117. The van der Waals surface area contributed by atoms with Gasteiger partial charge in [0.2, 0.25) is 0 Å². The molecule has 15 heavy (non-hydrogen) atoms. The molecule has 1 aromatic carbocycles. The van der Waals surface area contributed by atoms with Crippen LogP contribution in [0.4, 0.5) is 0 Å². The summed E-state index contributed by atoms with van der Waals surface area (Å²) in [5.41, 5.74) is 1.34. The van der Waals surface area contributed by atoms with Crippen LogP contribution in [0.3, 0.4) is 0 Å². The van der Waals surface area contributed by atoms with Crippen molar-refractivity contribution in [2.75, 3.05) is 5.75 Å². The number of thioether (sulfide) groups is 1. The standard InChI is InChI=1S/C13H18OS/c1-11-7-3-4-9-13(11)15-10-6-5-8-12(2)14/h3-4,7,9H,5-6,8,10H2,1-2H3. The smallest absolute Gasteiger partial charge is 0.129 e. The van der Waals surface area contributed by atoms with Crippen molar-refractivity contribution < 1.29 is 4.79 Å². The molecule has 0 aromatic heterocycles. The number of ketones is 1. The third kappa shape index (κ3) is 5.03. The molecular formula is C13H18OS. The summed E-state index contributed by atoms with van der Waals surface area (Å²) in [6.45, 7) is 3.80. The van der Waals surface area contributed by atoms with E-state index in [0.29, 0.717) is 5.78 Å². The number of carbonyl (C=O) groups excluding carboxylic acids is 1. The highest BCUT2D eigenvalue weighted by atomic mass is 32.2. The number of Topliss-reactive ketones (excluding diaryl/α,β-unsaturated/α-hetero) is 1. The molecule has 0 heterocycles. The first-order valence-corrected chi connectivity index (χ1v) is 6.36. The number of unbranched alkanes of at least 4 members (excludes halogenated alkanes) is 1. The normalized spacial score (nSPS) is 10.3. The largest absolute Gasteiger partial charge is 0.300 e. The second-order valence-corrected chi connectivity index (χ2v) is 4.91. The summed E-state index contributed by atoms with van der Waals surface area (Å²) in [5, 5.41) is 0. The van der Waals surface area contributed by atoms with E-state index in [1.165, 1.54) is 10.5 Å². The molecule has 0 unspecified atom stereocenters. The Morgan fingerprint density at radius 1 is 1.27 bits per heavy atom. The predicted molar refractivity (Wildman–Crippen MR) is 66.4 cm³/mol. The van der Waals surface area contributed by atoms with Crippen molar-refractivity contribution in [1.82, 2.24) is 0 Å². The van der Waals surface area contributed by atoms with Crippen LogP contribution in [-0.4, -0.2) is 11.5 Å². The van der Waals surface area contributed by atoms with Crippen molar-refractivity contribution in [3.63, 3.8) is 0 Å². The Morgan fingerprint density at radius 3 is 2.67 bits per heavy atom. The molecule has 1 aromatic rings. The fourth-order valence-electron chi connectivity index (χ4n) is 1.38. The van der Waals surface area contributed by atoms with Crippen LogP contribution in [0.1, 0.15) is 31.7 Å². The zero-order valence-corrected chi connectivity index (χ0v) is 10.3. The highest BCUT2D eigenvalue weighted by Crippen LogP contribution is 2.22. The highest BCUT2D eigenvalue weighted by molar-refractivity contribution is 7.99. The number of benzene rings is 1. The molecule has 1 rings (SSSR count). The molecular weight excluding hydrogens is 204 g/mol. The van der Waals surface area contributed by atoms with E-state index in [1.54, 1.807) is 6.92 Å². The molecule has 0 saturated carbocycles. The molecule has 0 bridgehead atoms. The minimum Gasteiger partial charge on any atom is -0.300 e. The second-order valence-electron chi connectivity index (χ2n) is 3.77. The summed E-state index contributed by atoms with van der Waals surface area (Å²) < 4.78 is 0. The first kappa shape index (κ1) is 12.3. The summed E-state index contributed by atoms with van der Waals surface area (Å²) in [6, 6.07) is 8.43. The fraction of sp³-hybridized carbons (Fsp3) is 0.462. The maximum atomic E-state index is 10.7. The molecule has 0 fully saturated rings. The van der Waals surface area contributed by atoms with Gasteiger partial charge in [-0.05, 0) is 44.1 Å². The van der Waals surface area contributed by atoms with E-state index in [1.807, 2.05) is 11.8 Å². The first-order valence-electron chi connectivity index (χ1n) is 5.38. The molecule has 0 atom stereocenters. The Bertz CT molecular complexity index is 320. The average molecular weight is 222 g/mol. The van der Waals surface area contributed by atoms with E-state index >= 15 is 0 Å². The van der Waals surface area contributed by atoms with Gasteiger partial charge in [0, 0.05) is 11.3 Å². The lowest BCUT2D eigenvalue weighted by Crippen LogP contribution is -1.90. The van der Waals surface area contributed by atoms with Gasteiger partial charge in [-0.15, -0.1) is 11.8 Å². The first-order chi connectivity index (χ1) is 7.20. The number of hydrogen-bond donors (Lipinski definition) is 0. The molecule has 2 heteroatoms. The number of hydrogen-bond acceptors (Lipinski definition) is 2. The maximum Gasteiger partial charge on any atom is 0.129 e. The van der Waals surface area contributed by atoms with Crippen LogP contribution in [0, 0.1) is 6.92 Å².